The van der Waals surface area contributed by atoms with E-state index in [2.05, 4.69) is 176 Å². The molecular weight excluding hydrogens is 645 g/mol. The van der Waals surface area contributed by atoms with Gasteiger partial charge >= 0.3 is 0 Å². The summed E-state index contributed by atoms with van der Waals surface area (Å²) in [6, 6.07) is 62.2. The number of benzene rings is 7. The number of hydrogen-bond donors (Lipinski definition) is 0. The van der Waals surface area contributed by atoms with Crippen LogP contribution in [-0.2, 0) is 12.0 Å². The Labute approximate surface area is 309 Å². The van der Waals surface area contributed by atoms with Crippen molar-refractivity contribution in [1.82, 2.24) is 0 Å². The van der Waals surface area contributed by atoms with Gasteiger partial charge in [-0.05, 0) is 75.5 Å². The Morgan fingerprint density at radius 2 is 1.23 bits per heavy atom. The van der Waals surface area contributed by atoms with Crippen molar-refractivity contribution in [3.05, 3.63) is 221 Å². The maximum atomic E-state index is 6.75. The SMILES string of the molecule is C=N/C(=C\C(=NCc1ccccc1)c1cccc(-c2ccccc2)c1)c1ccc2c(c1)C1(c3ccccc3-c3ccccc31)c1c-2oc2ccccc12. The van der Waals surface area contributed by atoms with E-state index < -0.39 is 5.41 Å². The summed E-state index contributed by atoms with van der Waals surface area (Å²) in [6.07, 6.45) is 2.09. The molecule has 3 nitrogen and oxygen atoms in total. The number of furan rings is 1. The fourth-order valence-electron chi connectivity index (χ4n) is 8.57. The van der Waals surface area contributed by atoms with Crippen LogP contribution in [-0.4, -0.2) is 12.4 Å². The third-order valence-electron chi connectivity index (χ3n) is 10.9. The standard InChI is InChI=1S/C50H34N2O/c1-51-45(31-46(52-32-33-15-4-2-5-16-33)36-20-14-19-35(29-36)34-17-6-3-7-18-34)37-27-28-40-44(30-37)50(48-41-23-10-13-26-47(41)53-49(40)48)42-24-11-8-21-38(42)39-22-9-12-25-43(39)50/h2-31H,1,32H2/b45-31-,52-46?. The van der Waals surface area contributed by atoms with Gasteiger partial charge in [0.2, 0.25) is 0 Å². The molecule has 8 aromatic rings. The Morgan fingerprint density at radius 3 is 1.98 bits per heavy atom. The zero-order valence-corrected chi connectivity index (χ0v) is 29.0. The van der Waals surface area contributed by atoms with Gasteiger partial charge < -0.3 is 4.42 Å². The van der Waals surface area contributed by atoms with E-state index in [4.69, 9.17) is 9.41 Å². The molecule has 7 aromatic carbocycles. The van der Waals surface area contributed by atoms with E-state index in [0.29, 0.717) is 6.54 Å². The molecular formula is C50H34N2O. The van der Waals surface area contributed by atoms with Crippen LogP contribution in [0.5, 0.6) is 0 Å². The molecule has 0 atom stereocenters. The molecule has 0 radical (unpaired) electrons. The molecule has 1 aromatic heterocycles. The smallest absolute Gasteiger partial charge is 0.140 e. The van der Waals surface area contributed by atoms with Crippen molar-refractivity contribution in [3.63, 3.8) is 0 Å². The summed E-state index contributed by atoms with van der Waals surface area (Å²) >= 11 is 0. The molecule has 3 heteroatoms. The van der Waals surface area contributed by atoms with Gasteiger partial charge in [-0.25, -0.2) is 0 Å². The Bertz CT molecular complexity index is 2720. The average Bonchev–Trinajstić information content (AvgIpc) is 3.85. The molecule has 250 valence electrons. The van der Waals surface area contributed by atoms with E-state index in [1.54, 1.807) is 0 Å². The molecule has 0 saturated heterocycles. The number of aliphatic imine (C=N–C) groups is 2. The molecule has 0 saturated carbocycles. The first-order valence-corrected chi connectivity index (χ1v) is 18.0. The molecule has 0 fully saturated rings. The average molecular weight is 679 g/mol. The summed E-state index contributed by atoms with van der Waals surface area (Å²) in [5.41, 5.74) is 15.9. The van der Waals surface area contributed by atoms with Crippen LogP contribution in [0.4, 0.5) is 0 Å². The van der Waals surface area contributed by atoms with Gasteiger partial charge in [0.1, 0.15) is 11.3 Å². The highest BCUT2D eigenvalue weighted by Gasteiger charge is 2.54. The van der Waals surface area contributed by atoms with Crippen molar-refractivity contribution < 1.29 is 4.42 Å². The maximum absolute atomic E-state index is 6.75. The molecule has 0 unspecified atom stereocenters. The number of para-hydroxylation sites is 1. The molecule has 0 N–H and O–H groups in total. The van der Waals surface area contributed by atoms with Gasteiger partial charge in [-0.3, -0.25) is 9.98 Å². The predicted molar refractivity (Wildman–Crippen MR) is 219 cm³/mol. The van der Waals surface area contributed by atoms with Crippen LogP contribution in [0.3, 0.4) is 0 Å². The highest BCUT2D eigenvalue weighted by Crippen LogP contribution is 2.65. The lowest BCUT2D eigenvalue weighted by atomic mass is 9.70. The largest absolute Gasteiger partial charge is 0.456 e. The van der Waals surface area contributed by atoms with Gasteiger partial charge in [-0.1, -0.05) is 158 Å². The number of allylic oxidation sites excluding steroid dienone is 1. The Balaban J connectivity index is 1.18. The van der Waals surface area contributed by atoms with Gasteiger partial charge in [-0.15, -0.1) is 0 Å². The molecule has 0 amide bonds. The minimum atomic E-state index is -0.555. The summed E-state index contributed by atoms with van der Waals surface area (Å²) in [7, 11) is 0. The zero-order chi connectivity index (χ0) is 35.4. The van der Waals surface area contributed by atoms with Crippen LogP contribution in [0, 0.1) is 0 Å². The second-order valence-corrected chi connectivity index (χ2v) is 13.7. The van der Waals surface area contributed by atoms with E-state index in [1.807, 2.05) is 18.2 Å². The minimum Gasteiger partial charge on any atom is -0.456 e. The van der Waals surface area contributed by atoms with Crippen molar-refractivity contribution in [2.24, 2.45) is 9.98 Å². The molecule has 0 bridgehead atoms. The van der Waals surface area contributed by atoms with E-state index in [1.165, 1.54) is 33.4 Å². The van der Waals surface area contributed by atoms with Gasteiger partial charge in [0.15, 0.2) is 0 Å². The second-order valence-electron chi connectivity index (χ2n) is 13.7. The molecule has 2 aliphatic rings. The lowest BCUT2D eigenvalue weighted by Crippen LogP contribution is -2.26. The third kappa shape index (κ3) is 4.82. The number of rotatable bonds is 7. The summed E-state index contributed by atoms with van der Waals surface area (Å²) in [6.45, 7) is 4.64. The second kappa shape index (κ2) is 12.4. The first-order chi connectivity index (χ1) is 26.2. The fourth-order valence-corrected chi connectivity index (χ4v) is 8.57. The fraction of sp³-hybridized carbons (Fsp3) is 0.0400. The normalized spacial score (nSPS) is 13.8. The van der Waals surface area contributed by atoms with Crippen LogP contribution >= 0.6 is 0 Å². The topological polar surface area (TPSA) is 37.9 Å². The van der Waals surface area contributed by atoms with E-state index in [9.17, 15) is 0 Å². The molecule has 1 spiro atoms. The number of fused-ring (bicyclic) bond motifs is 12. The maximum Gasteiger partial charge on any atom is 0.140 e. The number of nitrogens with zero attached hydrogens (tertiary/aromatic N) is 2. The Kier molecular flexibility index (Phi) is 7.26. The molecule has 1 heterocycles. The minimum absolute atomic E-state index is 0.543. The molecule has 0 aliphatic heterocycles. The molecule has 10 rings (SSSR count). The quantitative estimate of drug-likeness (QED) is 0.155. The Morgan fingerprint density at radius 1 is 0.566 bits per heavy atom. The number of hydrogen-bond acceptors (Lipinski definition) is 3. The van der Waals surface area contributed by atoms with E-state index in [0.717, 1.165) is 61.5 Å². The van der Waals surface area contributed by atoms with Crippen molar-refractivity contribution >= 4 is 29.1 Å². The van der Waals surface area contributed by atoms with Gasteiger partial charge in [0.05, 0.1) is 23.4 Å². The molecule has 53 heavy (non-hydrogen) atoms. The lowest BCUT2D eigenvalue weighted by molar-refractivity contribution is 0.628. The lowest BCUT2D eigenvalue weighted by Gasteiger charge is -2.30. The first kappa shape index (κ1) is 30.9. The monoisotopic (exact) mass is 678 g/mol. The van der Waals surface area contributed by atoms with E-state index >= 15 is 0 Å². The van der Waals surface area contributed by atoms with Crippen molar-refractivity contribution in [2.75, 3.05) is 0 Å². The highest BCUT2D eigenvalue weighted by atomic mass is 16.3. The highest BCUT2D eigenvalue weighted by molar-refractivity contribution is 6.13. The van der Waals surface area contributed by atoms with Crippen molar-refractivity contribution in [1.29, 1.82) is 0 Å². The van der Waals surface area contributed by atoms with Crippen LogP contribution in [0.25, 0.3) is 50.2 Å². The summed E-state index contributed by atoms with van der Waals surface area (Å²) in [4.78, 5) is 9.89. The molecule has 2 aliphatic carbocycles. The van der Waals surface area contributed by atoms with Crippen LogP contribution < -0.4 is 0 Å². The van der Waals surface area contributed by atoms with Gasteiger partial charge in [0.25, 0.3) is 0 Å². The van der Waals surface area contributed by atoms with Crippen LogP contribution in [0.1, 0.15) is 38.9 Å². The summed E-state index contributed by atoms with van der Waals surface area (Å²) < 4.78 is 6.75. The first-order valence-electron chi connectivity index (χ1n) is 18.0. The van der Waals surface area contributed by atoms with Crippen molar-refractivity contribution in [2.45, 2.75) is 12.0 Å². The Hall–Kier alpha value is -6.84. The van der Waals surface area contributed by atoms with E-state index in [-0.39, 0.29) is 0 Å². The summed E-state index contributed by atoms with van der Waals surface area (Å²) in [5, 5.41) is 1.14. The van der Waals surface area contributed by atoms with Crippen LogP contribution in [0.15, 0.2) is 196 Å². The predicted octanol–water partition coefficient (Wildman–Crippen LogP) is 12.2. The third-order valence-corrected chi connectivity index (χ3v) is 10.9. The zero-order valence-electron chi connectivity index (χ0n) is 29.0. The van der Waals surface area contributed by atoms with Gasteiger partial charge in [0, 0.05) is 27.6 Å². The summed E-state index contributed by atoms with van der Waals surface area (Å²) in [5.74, 6) is 0.930. The van der Waals surface area contributed by atoms with Gasteiger partial charge in [-0.2, -0.15) is 0 Å². The van der Waals surface area contributed by atoms with Crippen LogP contribution in [0.2, 0.25) is 0 Å². The van der Waals surface area contributed by atoms with Crippen molar-refractivity contribution in [3.8, 4) is 33.6 Å².